The zero-order valence-corrected chi connectivity index (χ0v) is 18.1. The Labute approximate surface area is 194 Å². The van der Waals surface area contributed by atoms with Crippen molar-refractivity contribution >= 4 is 40.5 Å². The number of urea groups is 1. The molecule has 0 unspecified atom stereocenters. The van der Waals surface area contributed by atoms with E-state index < -0.39 is 12.1 Å². The number of fused-ring (bicyclic) bond motifs is 1. The summed E-state index contributed by atoms with van der Waals surface area (Å²) in [7, 11) is 0. The minimum absolute atomic E-state index is 0.263. The molecule has 3 amide bonds. The third-order valence-corrected chi connectivity index (χ3v) is 4.55. The lowest BCUT2D eigenvalue weighted by Crippen LogP contribution is -2.19. The molecule has 1 heterocycles. The second-order valence-electron chi connectivity index (χ2n) is 7.01. The van der Waals surface area contributed by atoms with Gasteiger partial charge in [0, 0.05) is 17.4 Å². The van der Waals surface area contributed by atoms with Crippen molar-refractivity contribution in [2.45, 2.75) is 6.92 Å². The number of imidazole rings is 1. The van der Waals surface area contributed by atoms with Gasteiger partial charge in [0.25, 0.3) is 0 Å². The van der Waals surface area contributed by atoms with E-state index in [4.69, 9.17) is 14.7 Å². The van der Waals surface area contributed by atoms with Crippen molar-refractivity contribution in [3.63, 3.8) is 0 Å². The van der Waals surface area contributed by atoms with Gasteiger partial charge in [0.2, 0.25) is 5.95 Å². The molecule has 0 saturated heterocycles. The van der Waals surface area contributed by atoms with E-state index >= 15 is 0 Å². The Hall–Kier alpha value is -5.04. The molecular weight excluding hydrogens is 436 g/mol. The number of aromatic amines is 1. The molecule has 10 heteroatoms. The van der Waals surface area contributed by atoms with Crippen LogP contribution < -0.4 is 20.7 Å². The minimum Gasteiger partial charge on any atom is -0.457 e. The first kappa shape index (κ1) is 22.2. The molecule has 0 saturated carbocycles. The Morgan fingerprint density at radius 3 is 2.50 bits per heavy atom. The van der Waals surface area contributed by atoms with Gasteiger partial charge in [0.15, 0.2) is 0 Å². The molecule has 0 fully saturated rings. The van der Waals surface area contributed by atoms with Gasteiger partial charge in [-0.05, 0) is 61.5 Å². The van der Waals surface area contributed by atoms with Crippen molar-refractivity contribution < 1.29 is 19.1 Å². The first-order valence-corrected chi connectivity index (χ1v) is 10.3. The number of benzene rings is 3. The van der Waals surface area contributed by atoms with Gasteiger partial charge in [-0.25, -0.2) is 14.6 Å². The molecule has 1 aromatic heterocycles. The van der Waals surface area contributed by atoms with Gasteiger partial charge >= 0.3 is 12.1 Å². The standard InChI is InChI=1S/C24H20N6O4/c1-2-33-24(32)30-22-28-20-11-10-19(13-21(20)29-22)34-18-8-6-16(7-9-18)26-23(31)27-17-5-3-4-15(12-17)14-25/h3-13H,2H2,1H3,(H2,26,27,31)(H2,28,29,30,32). The maximum atomic E-state index is 12.2. The Morgan fingerprint density at radius 1 is 0.971 bits per heavy atom. The average Bonchev–Trinajstić information content (AvgIpc) is 3.22. The number of carbonyl (C=O) groups excluding carboxylic acids is 2. The van der Waals surface area contributed by atoms with Crippen LogP contribution in [0.2, 0.25) is 0 Å². The number of nitrogens with one attached hydrogen (secondary N) is 4. The summed E-state index contributed by atoms with van der Waals surface area (Å²) in [5.41, 5.74) is 2.88. The van der Waals surface area contributed by atoms with Crippen molar-refractivity contribution in [1.29, 1.82) is 5.26 Å². The predicted molar refractivity (Wildman–Crippen MR) is 127 cm³/mol. The summed E-state index contributed by atoms with van der Waals surface area (Å²) >= 11 is 0. The van der Waals surface area contributed by atoms with Crippen LogP contribution in [0, 0.1) is 11.3 Å². The highest BCUT2D eigenvalue weighted by atomic mass is 16.5. The van der Waals surface area contributed by atoms with E-state index in [-0.39, 0.29) is 12.6 Å². The maximum absolute atomic E-state index is 12.2. The van der Waals surface area contributed by atoms with E-state index in [1.165, 1.54) is 0 Å². The maximum Gasteiger partial charge on any atom is 0.413 e. The van der Waals surface area contributed by atoms with Gasteiger partial charge in [0.05, 0.1) is 29.3 Å². The Morgan fingerprint density at radius 2 is 1.74 bits per heavy atom. The zero-order chi connectivity index (χ0) is 23.9. The molecule has 0 bridgehead atoms. The molecule has 4 N–H and O–H groups in total. The van der Waals surface area contributed by atoms with E-state index in [0.29, 0.717) is 34.0 Å². The van der Waals surface area contributed by atoms with Crippen molar-refractivity contribution in [1.82, 2.24) is 9.97 Å². The molecule has 0 radical (unpaired) electrons. The molecule has 0 aliphatic carbocycles. The number of ether oxygens (including phenoxy) is 2. The van der Waals surface area contributed by atoms with Crippen LogP contribution in [0.1, 0.15) is 12.5 Å². The van der Waals surface area contributed by atoms with Crippen molar-refractivity contribution in [3.8, 4) is 17.6 Å². The molecule has 0 aliphatic heterocycles. The van der Waals surface area contributed by atoms with Gasteiger partial charge < -0.3 is 25.1 Å². The number of H-pyrrole nitrogens is 1. The number of anilines is 3. The van der Waals surface area contributed by atoms with Gasteiger partial charge in [-0.15, -0.1) is 0 Å². The molecule has 0 aliphatic rings. The van der Waals surface area contributed by atoms with E-state index in [0.717, 1.165) is 5.52 Å². The fraction of sp³-hybridized carbons (Fsp3) is 0.0833. The summed E-state index contributed by atoms with van der Waals surface area (Å²) in [6.07, 6.45) is -0.587. The molecule has 4 rings (SSSR count). The summed E-state index contributed by atoms with van der Waals surface area (Å²) in [5, 5.41) is 16.9. The first-order valence-electron chi connectivity index (χ1n) is 10.3. The zero-order valence-electron chi connectivity index (χ0n) is 18.1. The lowest BCUT2D eigenvalue weighted by Gasteiger charge is -2.09. The Balaban J connectivity index is 1.36. The minimum atomic E-state index is -0.587. The summed E-state index contributed by atoms with van der Waals surface area (Å²) < 4.78 is 10.7. The lowest BCUT2D eigenvalue weighted by molar-refractivity contribution is 0.167. The van der Waals surface area contributed by atoms with Crippen molar-refractivity contribution in [3.05, 3.63) is 72.3 Å². The summed E-state index contributed by atoms with van der Waals surface area (Å²) in [5.74, 6) is 1.39. The molecular formula is C24H20N6O4. The largest absolute Gasteiger partial charge is 0.457 e. The number of hydrogen-bond acceptors (Lipinski definition) is 6. The second-order valence-corrected chi connectivity index (χ2v) is 7.01. The number of carbonyl (C=O) groups is 2. The summed E-state index contributed by atoms with van der Waals surface area (Å²) in [4.78, 5) is 31.1. The number of nitriles is 1. The normalized spacial score (nSPS) is 10.2. The van der Waals surface area contributed by atoms with Crippen molar-refractivity contribution in [2.75, 3.05) is 22.6 Å². The fourth-order valence-electron chi connectivity index (χ4n) is 3.07. The van der Waals surface area contributed by atoms with Crippen LogP contribution in [-0.4, -0.2) is 28.7 Å². The number of hydrogen-bond donors (Lipinski definition) is 4. The quantitative estimate of drug-likeness (QED) is 0.304. The third-order valence-electron chi connectivity index (χ3n) is 4.55. The van der Waals surface area contributed by atoms with Crippen LogP contribution in [0.25, 0.3) is 11.0 Å². The number of rotatable bonds is 6. The lowest BCUT2D eigenvalue weighted by atomic mass is 10.2. The first-order chi connectivity index (χ1) is 16.5. The van der Waals surface area contributed by atoms with Gasteiger partial charge in [-0.1, -0.05) is 6.07 Å². The van der Waals surface area contributed by atoms with Crippen LogP contribution in [0.4, 0.5) is 26.9 Å². The van der Waals surface area contributed by atoms with E-state index in [9.17, 15) is 9.59 Å². The molecule has 3 aromatic carbocycles. The molecule has 0 spiro atoms. The highest BCUT2D eigenvalue weighted by molar-refractivity contribution is 5.99. The van der Waals surface area contributed by atoms with Crippen LogP contribution in [0.15, 0.2) is 66.7 Å². The predicted octanol–water partition coefficient (Wildman–Crippen LogP) is 5.44. The Kier molecular flexibility index (Phi) is 6.55. The van der Waals surface area contributed by atoms with E-state index in [2.05, 4.69) is 25.9 Å². The highest BCUT2D eigenvalue weighted by Crippen LogP contribution is 2.26. The SMILES string of the molecule is CCOC(=O)Nc1nc2cc(Oc3ccc(NC(=O)Nc4cccc(C#N)c4)cc3)ccc2[nH]1. The van der Waals surface area contributed by atoms with Crippen LogP contribution >= 0.6 is 0 Å². The van der Waals surface area contributed by atoms with Crippen LogP contribution in [-0.2, 0) is 4.74 Å². The number of nitrogens with zero attached hydrogens (tertiary/aromatic N) is 2. The van der Waals surface area contributed by atoms with Crippen LogP contribution in [0.3, 0.4) is 0 Å². The molecule has 170 valence electrons. The summed E-state index contributed by atoms with van der Waals surface area (Å²) in [6.45, 7) is 1.98. The smallest absolute Gasteiger partial charge is 0.413 e. The highest BCUT2D eigenvalue weighted by Gasteiger charge is 2.09. The average molecular weight is 456 g/mol. The Bertz CT molecular complexity index is 1370. The molecule has 0 atom stereocenters. The van der Waals surface area contributed by atoms with Gasteiger partial charge in [-0.3, -0.25) is 5.32 Å². The van der Waals surface area contributed by atoms with E-state index in [1.54, 1.807) is 73.7 Å². The van der Waals surface area contributed by atoms with Gasteiger partial charge in [-0.2, -0.15) is 5.26 Å². The topological polar surface area (TPSA) is 141 Å². The molecule has 4 aromatic rings. The second kappa shape index (κ2) is 10.1. The summed E-state index contributed by atoms with van der Waals surface area (Å²) in [6, 6.07) is 20.4. The van der Waals surface area contributed by atoms with Crippen LogP contribution in [0.5, 0.6) is 11.5 Å². The van der Waals surface area contributed by atoms with Crippen molar-refractivity contribution in [2.24, 2.45) is 0 Å². The molecule has 10 nitrogen and oxygen atoms in total. The fourth-order valence-corrected chi connectivity index (χ4v) is 3.07. The number of aromatic nitrogens is 2. The van der Waals surface area contributed by atoms with E-state index in [1.807, 2.05) is 6.07 Å². The molecule has 34 heavy (non-hydrogen) atoms. The monoisotopic (exact) mass is 456 g/mol. The third kappa shape index (κ3) is 5.60. The van der Waals surface area contributed by atoms with Gasteiger partial charge in [0.1, 0.15) is 11.5 Å². The number of amides is 3.